The quantitative estimate of drug-likeness (QED) is 0.764. The molecule has 0 fully saturated rings. The summed E-state index contributed by atoms with van der Waals surface area (Å²) in [5, 5.41) is 3.54. The van der Waals surface area contributed by atoms with Gasteiger partial charge in [-0.15, -0.1) is 0 Å². The molecule has 2 nitrogen and oxygen atoms in total. The molecule has 0 saturated carbocycles. The molecule has 1 aromatic rings. The normalized spacial score (nSPS) is 12.9. The molecule has 0 saturated heterocycles. The smallest absolute Gasteiger partial charge is 0.123 e. The summed E-state index contributed by atoms with van der Waals surface area (Å²) in [6.45, 7) is 10.7. The molecule has 0 amide bonds. The van der Waals surface area contributed by atoms with Gasteiger partial charge in [0, 0.05) is 19.1 Å². The van der Waals surface area contributed by atoms with E-state index in [0.29, 0.717) is 6.04 Å². The third-order valence-electron chi connectivity index (χ3n) is 3.39. The fourth-order valence-corrected chi connectivity index (χ4v) is 2.13. The zero-order chi connectivity index (χ0) is 13.4. The van der Waals surface area contributed by atoms with Crippen LogP contribution in [0, 0.1) is 5.82 Å². The number of likely N-dealkylation sites (N-methyl/N-ethyl adjacent to an activating group) is 1. The average Bonchev–Trinajstić information content (AvgIpc) is 2.41. The van der Waals surface area contributed by atoms with Gasteiger partial charge < -0.3 is 10.2 Å². The van der Waals surface area contributed by atoms with Crippen LogP contribution in [0.2, 0.25) is 0 Å². The van der Waals surface area contributed by atoms with Crippen LogP contribution in [-0.4, -0.2) is 31.1 Å². The van der Waals surface area contributed by atoms with E-state index in [9.17, 15) is 4.39 Å². The molecule has 0 aliphatic rings. The van der Waals surface area contributed by atoms with E-state index in [1.807, 2.05) is 12.1 Å². The van der Waals surface area contributed by atoms with E-state index in [-0.39, 0.29) is 5.82 Å². The first-order valence-corrected chi connectivity index (χ1v) is 6.92. The Labute approximate surface area is 110 Å². The minimum absolute atomic E-state index is 0.170. The Morgan fingerprint density at radius 3 is 2.22 bits per heavy atom. The molecule has 3 heteroatoms. The second-order valence-corrected chi connectivity index (χ2v) is 4.49. The molecule has 0 aliphatic carbocycles. The van der Waals surface area contributed by atoms with Crippen molar-refractivity contribution in [3.63, 3.8) is 0 Å². The van der Waals surface area contributed by atoms with Crippen molar-refractivity contribution in [2.75, 3.05) is 26.2 Å². The third kappa shape index (κ3) is 4.75. The summed E-state index contributed by atoms with van der Waals surface area (Å²) in [5.74, 6) is -0.170. The number of hydrogen-bond donors (Lipinski definition) is 1. The van der Waals surface area contributed by atoms with Crippen LogP contribution < -0.4 is 5.32 Å². The van der Waals surface area contributed by atoms with Crippen molar-refractivity contribution >= 4 is 0 Å². The number of benzene rings is 1. The molecule has 0 aliphatic heterocycles. The minimum Gasteiger partial charge on any atom is -0.309 e. The van der Waals surface area contributed by atoms with Crippen LogP contribution in [0.15, 0.2) is 24.3 Å². The standard InChI is InChI=1S/C15H25FN2/c1-4-15(13-7-9-14(16)10-8-13)17-11-12-18(5-2)6-3/h7-10,15,17H,4-6,11-12H2,1-3H3. The maximum atomic E-state index is 12.9. The fraction of sp³-hybridized carbons (Fsp3) is 0.600. The molecule has 0 aromatic heterocycles. The lowest BCUT2D eigenvalue weighted by Gasteiger charge is -2.22. The van der Waals surface area contributed by atoms with Gasteiger partial charge in [0.15, 0.2) is 0 Å². The van der Waals surface area contributed by atoms with E-state index < -0.39 is 0 Å². The van der Waals surface area contributed by atoms with Crippen molar-refractivity contribution in [2.24, 2.45) is 0 Å². The van der Waals surface area contributed by atoms with Crippen LogP contribution in [0.3, 0.4) is 0 Å². The van der Waals surface area contributed by atoms with Gasteiger partial charge in [-0.3, -0.25) is 0 Å². The molecule has 102 valence electrons. The van der Waals surface area contributed by atoms with Gasteiger partial charge in [-0.25, -0.2) is 4.39 Å². The van der Waals surface area contributed by atoms with E-state index >= 15 is 0 Å². The van der Waals surface area contributed by atoms with Crippen LogP contribution in [-0.2, 0) is 0 Å². The molecule has 18 heavy (non-hydrogen) atoms. The first-order chi connectivity index (χ1) is 8.71. The molecule has 1 rings (SSSR count). The van der Waals surface area contributed by atoms with E-state index in [1.54, 1.807) is 0 Å². The lowest BCUT2D eigenvalue weighted by molar-refractivity contribution is 0.295. The summed E-state index contributed by atoms with van der Waals surface area (Å²) in [7, 11) is 0. The minimum atomic E-state index is -0.170. The van der Waals surface area contributed by atoms with Gasteiger partial charge in [0.25, 0.3) is 0 Å². The van der Waals surface area contributed by atoms with E-state index in [0.717, 1.165) is 32.6 Å². The number of hydrogen-bond acceptors (Lipinski definition) is 2. The highest BCUT2D eigenvalue weighted by Gasteiger charge is 2.08. The van der Waals surface area contributed by atoms with Gasteiger partial charge in [0.05, 0.1) is 0 Å². The molecule has 1 unspecified atom stereocenters. The number of nitrogens with one attached hydrogen (secondary N) is 1. The molecule has 0 spiro atoms. The summed E-state index contributed by atoms with van der Waals surface area (Å²) in [6, 6.07) is 7.12. The maximum absolute atomic E-state index is 12.9. The Bertz CT molecular complexity index is 320. The second kappa shape index (κ2) is 8.22. The number of nitrogens with zero attached hydrogens (tertiary/aromatic N) is 1. The molecule has 0 radical (unpaired) electrons. The second-order valence-electron chi connectivity index (χ2n) is 4.49. The van der Waals surface area contributed by atoms with Crippen LogP contribution >= 0.6 is 0 Å². The van der Waals surface area contributed by atoms with Crippen LogP contribution in [0.1, 0.15) is 38.8 Å². The SMILES string of the molecule is CCC(NCCN(CC)CC)c1ccc(F)cc1. The monoisotopic (exact) mass is 252 g/mol. The lowest BCUT2D eigenvalue weighted by Crippen LogP contribution is -2.33. The van der Waals surface area contributed by atoms with Gasteiger partial charge >= 0.3 is 0 Å². The molecule has 1 aromatic carbocycles. The highest BCUT2D eigenvalue weighted by atomic mass is 19.1. The first-order valence-electron chi connectivity index (χ1n) is 6.92. The Morgan fingerprint density at radius 2 is 1.72 bits per heavy atom. The van der Waals surface area contributed by atoms with E-state index in [1.165, 1.54) is 17.7 Å². The summed E-state index contributed by atoms with van der Waals surface area (Å²) < 4.78 is 12.9. The van der Waals surface area contributed by atoms with Gasteiger partial charge in [0.2, 0.25) is 0 Å². The lowest BCUT2D eigenvalue weighted by atomic mass is 10.0. The van der Waals surface area contributed by atoms with E-state index in [2.05, 4.69) is 31.0 Å². The highest BCUT2D eigenvalue weighted by Crippen LogP contribution is 2.16. The Balaban J connectivity index is 2.44. The first kappa shape index (κ1) is 15.1. The van der Waals surface area contributed by atoms with Gasteiger partial charge in [-0.2, -0.15) is 0 Å². The third-order valence-corrected chi connectivity index (χ3v) is 3.39. The summed E-state index contributed by atoms with van der Waals surface area (Å²) in [6.07, 6.45) is 1.02. The molecular formula is C15H25FN2. The largest absolute Gasteiger partial charge is 0.309 e. The van der Waals surface area contributed by atoms with Gasteiger partial charge in [0.1, 0.15) is 5.82 Å². The summed E-state index contributed by atoms with van der Waals surface area (Å²) in [5.41, 5.74) is 1.17. The fourth-order valence-electron chi connectivity index (χ4n) is 2.13. The Kier molecular flexibility index (Phi) is 6.91. The summed E-state index contributed by atoms with van der Waals surface area (Å²) in [4.78, 5) is 2.39. The predicted molar refractivity (Wildman–Crippen MR) is 75.2 cm³/mol. The highest BCUT2D eigenvalue weighted by molar-refractivity contribution is 5.19. The zero-order valence-corrected chi connectivity index (χ0v) is 11.7. The molecule has 1 atom stereocenters. The van der Waals surface area contributed by atoms with Crippen LogP contribution in [0.5, 0.6) is 0 Å². The van der Waals surface area contributed by atoms with Crippen LogP contribution in [0.25, 0.3) is 0 Å². The average molecular weight is 252 g/mol. The van der Waals surface area contributed by atoms with Gasteiger partial charge in [-0.1, -0.05) is 32.9 Å². The van der Waals surface area contributed by atoms with E-state index in [4.69, 9.17) is 0 Å². The van der Waals surface area contributed by atoms with Crippen LogP contribution in [0.4, 0.5) is 4.39 Å². The predicted octanol–water partition coefficient (Wildman–Crippen LogP) is 3.21. The topological polar surface area (TPSA) is 15.3 Å². The molecular weight excluding hydrogens is 227 g/mol. The van der Waals surface area contributed by atoms with Crippen molar-refractivity contribution in [3.8, 4) is 0 Å². The van der Waals surface area contributed by atoms with Crippen molar-refractivity contribution in [1.82, 2.24) is 10.2 Å². The number of rotatable bonds is 8. The van der Waals surface area contributed by atoms with Crippen molar-refractivity contribution in [3.05, 3.63) is 35.6 Å². The Hall–Kier alpha value is -0.930. The van der Waals surface area contributed by atoms with Crippen molar-refractivity contribution in [1.29, 1.82) is 0 Å². The molecule has 1 N–H and O–H groups in total. The van der Waals surface area contributed by atoms with Gasteiger partial charge in [-0.05, 0) is 37.2 Å². The molecule has 0 heterocycles. The summed E-state index contributed by atoms with van der Waals surface area (Å²) >= 11 is 0. The van der Waals surface area contributed by atoms with Crippen molar-refractivity contribution in [2.45, 2.75) is 33.2 Å². The van der Waals surface area contributed by atoms with Crippen molar-refractivity contribution < 1.29 is 4.39 Å². The maximum Gasteiger partial charge on any atom is 0.123 e. The zero-order valence-electron chi connectivity index (χ0n) is 11.7. The molecule has 0 bridgehead atoms. The Morgan fingerprint density at radius 1 is 1.11 bits per heavy atom. The number of halogens is 1.